The van der Waals surface area contributed by atoms with Gasteiger partial charge in [-0.25, -0.2) is 13.6 Å². The number of aromatic nitrogens is 1. The number of amides is 2. The molecule has 1 saturated heterocycles. The number of nitrogens with one attached hydrogen (secondary N) is 3. The van der Waals surface area contributed by atoms with Crippen LogP contribution in [0.25, 0.3) is 33.2 Å². The molecular formula is C35H32F2N4O3. The predicted octanol–water partition coefficient (Wildman–Crippen LogP) is 6.67. The third-order valence-corrected chi connectivity index (χ3v) is 8.22. The Morgan fingerprint density at radius 3 is 2.16 bits per heavy atom. The van der Waals surface area contributed by atoms with Gasteiger partial charge in [-0.3, -0.25) is 9.69 Å². The molecule has 0 spiro atoms. The van der Waals surface area contributed by atoms with Crippen LogP contribution in [0.4, 0.5) is 13.6 Å². The van der Waals surface area contributed by atoms with Gasteiger partial charge in [-0.05, 0) is 64.9 Å². The number of carbonyl (C=O) groups is 2. The van der Waals surface area contributed by atoms with E-state index >= 15 is 0 Å². The maximum atomic E-state index is 13.8. The van der Waals surface area contributed by atoms with E-state index < -0.39 is 6.09 Å². The highest BCUT2D eigenvalue weighted by atomic mass is 19.1. The molecule has 1 aromatic heterocycles. The Hall–Kier alpha value is -5.02. The summed E-state index contributed by atoms with van der Waals surface area (Å²) in [5, 5.41) is 15.5. The van der Waals surface area contributed by atoms with Crippen molar-refractivity contribution in [3.05, 3.63) is 120 Å². The van der Waals surface area contributed by atoms with Gasteiger partial charge in [0.2, 0.25) is 0 Å². The average molecular weight is 595 g/mol. The van der Waals surface area contributed by atoms with Crippen molar-refractivity contribution in [3.63, 3.8) is 0 Å². The highest BCUT2D eigenvalue weighted by molar-refractivity contribution is 6.10. The van der Waals surface area contributed by atoms with Crippen molar-refractivity contribution in [2.24, 2.45) is 5.92 Å². The molecule has 4 N–H and O–H groups in total. The first kappa shape index (κ1) is 29.1. The molecule has 1 aliphatic rings. The molecule has 0 radical (unpaired) electrons. The van der Waals surface area contributed by atoms with Crippen LogP contribution in [0.2, 0.25) is 0 Å². The molecule has 1 aliphatic heterocycles. The van der Waals surface area contributed by atoms with Crippen LogP contribution in [0.5, 0.6) is 0 Å². The second-order valence-electron chi connectivity index (χ2n) is 11.2. The minimum absolute atomic E-state index is 0.00322. The van der Waals surface area contributed by atoms with Crippen LogP contribution in [-0.2, 0) is 6.54 Å². The summed E-state index contributed by atoms with van der Waals surface area (Å²) in [6.07, 6.45) is -0.322. The van der Waals surface area contributed by atoms with Gasteiger partial charge >= 0.3 is 6.09 Å². The van der Waals surface area contributed by atoms with Crippen LogP contribution >= 0.6 is 0 Å². The first-order valence-corrected chi connectivity index (χ1v) is 14.5. The van der Waals surface area contributed by atoms with E-state index in [0.717, 1.165) is 34.0 Å². The quantitative estimate of drug-likeness (QED) is 0.153. The fourth-order valence-corrected chi connectivity index (χ4v) is 6.10. The summed E-state index contributed by atoms with van der Waals surface area (Å²) in [6, 6.07) is 28.1. The number of nitrogens with zero attached hydrogens (tertiary/aromatic N) is 1. The van der Waals surface area contributed by atoms with Crippen molar-refractivity contribution in [1.29, 1.82) is 0 Å². The van der Waals surface area contributed by atoms with Gasteiger partial charge in [-0.1, -0.05) is 66.7 Å². The third-order valence-electron chi connectivity index (χ3n) is 8.22. The number of rotatable bonds is 9. The highest BCUT2D eigenvalue weighted by Gasteiger charge is 2.33. The smallest absolute Gasteiger partial charge is 0.404 e. The fraction of sp³-hybridized carbons (Fsp3) is 0.200. The van der Waals surface area contributed by atoms with Crippen molar-refractivity contribution >= 4 is 22.9 Å². The van der Waals surface area contributed by atoms with E-state index in [-0.39, 0.29) is 29.5 Å². The van der Waals surface area contributed by atoms with E-state index in [2.05, 4.69) is 32.7 Å². The van der Waals surface area contributed by atoms with Gasteiger partial charge in [0, 0.05) is 48.7 Å². The van der Waals surface area contributed by atoms with E-state index in [1.54, 1.807) is 24.3 Å². The lowest BCUT2D eigenvalue weighted by molar-refractivity contribution is 0.0936. The summed E-state index contributed by atoms with van der Waals surface area (Å²) in [4.78, 5) is 30.5. The maximum Gasteiger partial charge on any atom is 0.404 e. The number of hydrogen-bond donors (Lipinski definition) is 4. The first-order valence-electron chi connectivity index (χ1n) is 14.5. The van der Waals surface area contributed by atoms with Crippen molar-refractivity contribution in [3.8, 4) is 22.3 Å². The predicted molar refractivity (Wildman–Crippen MR) is 166 cm³/mol. The lowest BCUT2D eigenvalue weighted by atomic mass is 9.99. The van der Waals surface area contributed by atoms with Gasteiger partial charge in [-0.2, -0.15) is 0 Å². The Kier molecular flexibility index (Phi) is 8.38. The summed E-state index contributed by atoms with van der Waals surface area (Å²) in [5.74, 6) is -0.869. The number of fused-ring (bicyclic) bond motifs is 1. The lowest BCUT2D eigenvalue weighted by Crippen LogP contribution is -2.40. The van der Waals surface area contributed by atoms with Gasteiger partial charge in [0.1, 0.15) is 17.3 Å². The summed E-state index contributed by atoms with van der Waals surface area (Å²) < 4.78 is 27.4. The molecule has 6 rings (SSSR count). The molecule has 0 aliphatic carbocycles. The van der Waals surface area contributed by atoms with Crippen molar-refractivity contribution in [2.75, 3.05) is 19.6 Å². The molecule has 224 valence electrons. The number of halogens is 2. The largest absolute Gasteiger partial charge is 0.465 e. The SMILES string of the molecule is O=C(O)NC[C@@H]1C[C@@H](CNC(=O)c2[nH]c3cc(-c4ccc(F)cc4)ccc3c2-c2ccc(F)cc2)N(Cc2ccccc2)C1. The molecule has 0 bridgehead atoms. The summed E-state index contributed by atoms with van der Waals surface area (Å²) >= 11 is 0. The Morgan fingerprint density at radius 1 is 0.818 bits per heavy atom. The van der Waals surface area contributed by atoms with Crippen LogP contribution in [0, 0.1) is 17.6 Å². The highest BCUT2D eigenvalue weighted by Crippen LogP contribution is 2.35. The Labute approximate surface area is 253 Å². The van der Waals surface area contributed by atoms with Crippen LogP contribution < -0.4 is 10.6 Å². The van der Waals surface area contributed by atoms with Gasteiger partial charge in [-0.15, -0.1) is 0 Å². The fourth-order valence-electron chi connectivity index (χ4n) is 6.10. The summed E-state index contributed by atoms with van der Waals surface area (Å²) in [7, 11) is 0. The van der Waals surface area contributed by atoms with Crippen LogP contribution in [0.3, 0.4) is 0 Å². The molecule has 0 unspecified atom stereocenters. The number of aromatic amines is 1. The van der Waals surface area contributed by atoms with Crippen LogP contribution in [-0.4, -0.2) is 52.7 Å². The van der Waals surface area contributed by atoms with Gasteiger partial charge in [0.15, 0.2) is 0 Å². The number of benzene rings is 4. The normalized spacial score (nSPS) is 16.7. The lowest BCUT2D eigenvalue weighted by Gasteiger charge is -2.24. The van der Waals surface area contributed by atoms with Crippen molar-refractivity contribution in [2.45, 2.75) is 19.0 Å². The molecule has 44 heavy (non-hydrogen) atoms. The molecule has 0 saturated carbocycles. The van der Waals surface area contributed by atoms with E-state index in [1.807, 2.05) is 36.4 Å². The summed E-state index contributed by atoms with van der Waals surface area (Å²) in [5.41, 5.74) is 5.29. The molecule has 9 heteroatoms. The standard InChI is InChI=1S/C35H32F2N4O3/c36-27-11-6-24(7-12-27)26-10-15-30-31(17-26)40-33(32(30)25-8-13-28(37)14-9-25)34(42)38-19-29-16-23(18-39-35(43)44)21-41(29)20-22-4-2-1-3-5-22/h1-15,17,23,29,39-40H,16,18-21H2,(H,38,42)(H,43,44)/t23-,29-/m0/s1. The second-order valence-corrected chi connectivity index (χ2v) is 11.2. The second kappa shape index (κ2) is 12.7. The van der Waals surface area contributed by atoms with E-state index in [1.165, 1.54) is 24.3 Å². The Morgan fingerprint density at radius 2 is 1.48 bits per heavy atom. The van der Waals surface area contributed by atoms with Crippen LogP contribution in [0.1, 0.15) is 22.5 Å². The monoisotopic (exact) mass is 594 g/mol. The van der Waals surface area contributed by atoms with Gasteiger partial charge in [0.05, 0.1) is 0 Å². The van der Waals surface area contributed by atoms with Crippen molar-refractivity contribution in [1.82, 2.24) is 20.5 Å². The molecule has 2 heterocycles. The zero-order chi connectivity index (χ0) is 30.6. The van der Waals surface area contributed by atoms with Gasteiger partial charge < -0.3 is 20.7 Å². The Bertz CT molecular complexity index is 1770. The Balaban J connectivity index is 1.28. The maximum absolute atomic E-state index is 13.8. The van der Waals surface area contributed by atoms with E-state index in [9.17, 15) is 18.4 Å². The zero-order valence-corrected chi connectivity index (χ0v) is 23.9. The first-order chi connectivity index (χ1) is 21.3. The topological polar surface area (TPSA) is 97.5 Å². The van der Waals surface area contributed by atoms with Crippen LogP contribution in [0.15, 0.2) is 97.1 Å². The van der Waals surface area contributed by atoms with Crippen molar-refractivity contribution < 1.29 is 23.5 Å². The third kappa shape index (κ3) is 6.48. The van der Waals surface area contributed by atoms with E-state index in [0.29, 0.717) is 43.0 Å². The molecule has 2 amide bonds. The number of likely N-dealkylation sites (tertiary alicyclic amines) is 1. The molecule has 1 fully saturated rings. The zero-order valence-electron chi connectivity index (χ0n) is 23.9. The average Bonchev–Trinajstić information content (AvgIpc) is 3.60. The number of H-pyrrole nitrogens is 1. The minimum Gasteiger partial charge on any atom is -0.465 e. The van der Waals surface area contributed by atoms with E-state index in [4.69, 9.17) is 5.11 Å². The number of hydrogen-bond acceptors (Lipinski definition) is 3. The molecule has 5 aromatic rings. The number of carbonyl (C=O) groups excluding carboxylic acids is 1. The molecular weight excluding hydrogens is 562 g/mol. The van der Waals surface area contributed by atoms with Gasteiger partial charge in [0.25, 0.3) is 5.91 Å². The minimum atomic E-state index is -1.05. The summed E-state index contributed by atoms with van der Waals surface area (Å²) in [6.45, 7) is 2.10. The number of carboxylic acid groups (broad SMARTS) is 1. The molecule has 2 atom stereocenters. The molecule has 7 nitrogen and oxygen atoms in total. The molecule has 4 aromatic carbocycles.